The van der Waals surface area contributed by atoms with Crippen LogP contribution in [0, 0.1) is 29.1 Å². The van der Waals surface area contributed by atoms with E-state index in [2.05, 4.69) is 20.4 Å². The fourth-order valence-corrected chi connectivity index (χ4v) is 6.94. The van der Waals surface area contributed by atoms with Gasteiger partial charge in [-0.25, -0.2) is 0 Å². The number of carbonyl (C=O) groups is 2. The molecule has 10 unspecified atom stereocenters. The van der Waals surface area contributed by atoms with Crippen LogP contribution in [0.3, 0.4) is 0 Å². The first-order valence-corrected chi connectivity index (χ1v) is 11.9. The van der Waals surface area contributed by atoms with Gasteiger partial charge in [-0.2, -0.15) is 0 Å². The van der Waals surface area contributed by atoms with Crippen molar-refractivity contribution >= 4 is 11.9 Å². The lowest BCUT2D eigenvalue weighted by molar-refractivity contribution is -0.163. The van der Waals surface area contributed by atoms with Crippen molar-refractivity contribution in [1.82, 2.24) is 0 Å². The Bertz CT molecular complexity index is 763. The number of allylic oxidation sites excluding steroid dienone is 1. The van der Waals surface area contributed by atoms with Gasteiger partial charge in [-0.05, 0) is 56.3 Å². The molecular formula is C25H38O6. The maximum atomic E-state index is 12.3. The minimum absolute atomic E-state index is 0.0717. The molecule has 1 heterocycles. The Morgan fingerprint density at radius 1 is 1.23 bits per heavy atom. The Kier molecular flexibility index (Phi) is 5.79. The summed E-state index contributed by atoms with van der Waals surface area (Å²) in [5.74, 6) is 0.190. The molecule has 0 amide bonds. The molecule has 4 fully saturated rings. The van der Waals surface area contributed by atoms with E-state index in [1.165, 1.54) is 6.92 Å². The summed E-state index contributed by atoms with van der Waals surface area (Å²) in [6, 6.07) is 0. The Hall–Kier alpha value is -1.40. The van der Waals surface area contributed by atoms with E-state index in [4.69, 9.17) is 14.2 Å². The van der Waals surface area contributed by atoms with Crippen LogP contribution in [0.2, 0.25) is 0 Å². The third kappa shape index (κ3) is 3.74. The van der Waals surface area contributed by atoms with Crippen LogP contribution >= 0.6 is 0 Å². The van der Waals surface area contributed by atoms with Crippen molar-refractivity contribution in [2.24, 2.45) is 29.1 Å². The number of rotatable bonds is 3. The maximum Gasteiger partial charge on any atom is 0.305 e. The summed E-state index contributed by atoms with van der Waals surface area (Å²) >= 11 is 0. The molecule has 6 heteroatoms. The van der Waals surface area contributed by atoms with Gasteiger partial charge in [0.2, 0.25) is 0 Å². The topological polar surface area (TPSA) is 85.4 Å². The zero-order valence-electron chi connectivity index (χ0n) is 19.6. The number of hydrogen-bond acceptors (Lipinski definition) is 6. The Morgan fingerprint density at radius 3 is 2.58 bits per heavy atom. The molecule has 6 nitrogen and oxygen atoms in total. The van der Waals surface area contributed by atoms with Crippen molar-refractivity contribution in [3.8, 4) is 0 Å². The quantitative estimate of drug-likeness (QED) is 0.413. The van der Waals surface area contributed by atoms with Crippen molar-refractivity contribution in [3.63, 3.8) is 0 Å². The SMILES string of the molecule is C=C1C2CC(OC(=O)CC)C3(C)CCC(C(C)C(OC(C)=O)CC4OC4(C)C(O)C2)C13. The van der Waals surface area contributed by atoms with E-state index in [0.29, 0.717) is 25.7 Å². The molecule has 3 saturated carbocycles. The van der Waals surface area contributed by atoms with Crippen molar-refractivity contribution in [2.75, 3.05) is 0 Å². The van der Waals surface area contributed by atoms with Gasteiger partial charge < -0.3 is 19.3 Å². The lowest BCUT2D eigenvalue weighted by atomic mass is 9.58. The third-order valence-electron chi connectivity index (χ3n) is 9.05. The van der Waals surface area contributed by atoms with Gasteiger partial charge in [0.15, 0.2) is 0 Å². The van der Waals surface area contributed by atoms with Gasteiger partial charge >= 0.3 is 11.9 Å². The fraction of sp³-hybridized carbons (Fsp3) is 0.840. The maximum absolute atomic E-state index is 12.3. The first kappa shape index (κ1) is 22.8. The second kappa shape index (κ2) is 7.87. The zero-order valence-corrected chi connectivity index (χ0v) is 19.6. The number of epoxide rings is 1. The molecular weight excluding hydrogens is 396 g/mol. The highest BCUT2D eigenvalue weighted by molar-refractivity contribution is 5.69. The number of aliphatic hydroxyl groups excluding tert-OH is 1. The van der Waals surface area contributed by atoms with Gasteiger partial charge in [0.25, 0.3) is 0 Å². The number of aliphatic hydroxyl groups is 1. The van der Waals surface area contributed by atoms with Gasteiger partial charge in [0.1, 0.15) is 17.8 Å². The van der Waals surface area contributed by atoms with Gasteiger partial charge in [-0.1, -0.05) is 32.9 Å². The Morgan fingerprint density at radius 2 is 1.94 bits per heavy atom. The van der Waals surface area contributed by atoms with Crippen molar-refractivity contribution in [1.29, 1.82) is 0 Å². The van der Waals surface area contributed by atoms with Gasteiger partial charge in [-0.15, -0.1) is 0 Å². The highest BCUT2D eigenvalue weighted by atomic mass is 16.6. The summed E-state index contributed by atoms with van der Waals surface area (Å²) in [7, 11) is 0. The zero-order chi connectivity index (χ0) is 22.7. The minimum atomic E-state index is -0.641. The molecule has 1 N–H and O–H groups in total. The number of hydrogen-bond donors (Lipinski definition) is 1. The largest absolute Gasteiger partial charge is 0.462 e. The number of ether oxygens (including phenoxy) is 3. The molecule has 0 radical (unpaired) electrons. The second-order valence-corrected chi connectivity index (χ2v) is 10.8. The van der Waals surface area contributed by atoms with Crippen molar-refractivity contribution in [3.05, 3.63) is 12.2 Å². The molecule has 1 saturated heterocycles. The average molecular weight is 435 g/mol. The summed E-state index contributed by atoms with van der Waals surface area (Å²) in [6.07, 6.45) is 2.91. The highest BCUT2D eigenvalue weighted by Crippen LogP contribution is 2.62. The molecule has 31 heavy (non-hydrogen) atoms. The van der Waals surface area contributed by atoms with Gasteiger partial charge in [0.05, 0.1) is 12.2 Å². The Balaban J connectivity index is 1.73. The van der Waals surface area contributed by atoms with E-state index in [1.807, 2.05) is 13.8 Å². The van der Waals surface area contributed by atoms with Crippen LogP contribution in [-0.2, 0) is 23.8 Å². The molecule has 4 rings (SSSR count). The van der Waals surface area contributed by atoms with Crippen LogP contribution in [0.5, 0.6) is 0 Å². The first-order valence-electron chi connectivity index (χ1n) is 11.9. The average Bonchev–Trinajstić information content (AvgIpc) is 3.21. The molecule has 4 aliphatic rings. The molecule has 0 spiro atoms. The second-order valence-electron chi connectivity index (χ2n) is 10.8. The molecule has 10 atom stereocenters. The molecule has 0 aromatic carbocycles. The van der Waals surface area contributed by atoms with E-state index in [1.54, 1.807) is 0 Å². The summed E-state index contributed by atoms with van der Waals surface area (Å²) in [5, 5.41) is 11.1. The van der Waals surface area contributed by atoms with Gasteiger partial charge in [0, 0.05) is 25.2 Å². The van der Waals surface area contributed by atoms with Crippen LogP contribution in [-0.4, -0.2) is 47.1 Å². The third-order valence-corrected chi connectivity index (χ3v) is 9.05. The monoisotopic (exact) mass is 434 g/mol. The fourth-order valence-electron chi connectivity index (χ4n) is 6.94. The number of fused-ring (bicyclic) bond motifs is 2. The predicted octanol–water partition coefficient (Wildman–Crippen LogP) is 3.80. The molecule has 174 valence electrons. The summed E-state index contributed by atoms with van der Waals surface area (Å²) in [6.45, 7) is 14.2. The van der Waals surface area contributed by atoms with Gasteiger partial charge in [-0.3, -0.25) is 9.59 Å². The molecule has 2 bridgehead atoms. The van der Waals surface area contributed by atoms with E-state index < -0.39 is 11.7 Å². The van der Waals surface area contributed by atoms with E-state index >= 15 is 0 Å². The normalized spacial score (nSPS) is 48.9. The lowest BCUT2D eigenvalue weighted by Gasteiger charge is -2.50. The lowest BCUT2D eigenvalue weighted by Crippen LogP contribution is -2.49. The first-order chi connectivity index (χ1) is 14.5. The summed E-state index contributed by atoms with van der Waals surface area (Å²) in [5.41, 5.74) is 0.346. The van der Waals surface area contributed by atoms with Crippen LogP contribution in [0.4, 0.5) is 0 Å². The van der Waals surface area contributed by atoms with E-state index in [-0.39, 0.29) is 59.3 Å². The van der Waals surface area contributed by atoms with Crippen molar-refractivity contribution < 1.29 is 28.9 Å². The molecule has 0 aromatic heterocycles. The minimum Gasteiger partial charge on any atom is -0.462 e. The highest BCUT2D eigenvalue weighted by Gasteiger charge is 2.63. The number of esters is 2. The van der Waals surface area contributed by atoms with Crippen LogP contribution < -0.4 is 0 Å². The summed E-state index contributed by atoms with van der Waals surface area (Å²) in [4.78, 5) is 24.2. The van der Waals surface area contributed by atoms with Crippen LogP contribution in [0.15, 0.2) is 12.2 Å². The van der Waals surface area contributed by atoms with Crippen LogP contribution in [0.1, 0.15) is 73.1 Å². The molecule has 0 aromatic rings. The number of carbonyl (C=O) groups excluding carboxylic acids is 2. The molecule has 1 aliphatic heterocycles. The Labute approximate surface area is 185 Å². The summed E-state index contributed by atoms with van der Waals surface area (Å²) < 4.78 is 17.8. The standard InChI is InChI=1S/C25H38O6/c1-7-22(28)30-20-11-16-10-19(27)25(6)21(31-25)12-18(29-15(4)26)14(3)17-8-9-24(20,5)23(17)13(16)2/h14,16-21,23,27H,2,7-12H2,1,3-6H3. The smallest absolute Gasteiger partial charge is 0.305 e. The van der Waals surface area contributed by atoms with Crippen LogP contribution in [0.25, 0.3) is 0 Å². The van der Waals surface area contributed by atoms with E-state index in [9.17, 15) is 14.7 Å². The molecule has 3 aliphatic carbocycles. The van der Waals surface area contributed by atoms with E-state index in [0.717, 1.165) is 18.4 Å². The van der Waals surface area contributed by atoms with Crippen molar-refractivity contribution in [2.45, 2.75) is 103 Å². The predicted molar refractivity (Wildman–Crippen MR) is 115 cm³/mol.